The standard InChI is InChI=1S/C16H34N2O/c1-14(2)12-17-13-15-6-8-18(9-7-15)10-11-19-16(3,4)5/h14-15,17H,6-13H2,1-5H3. The van der Waals surface area contributed by atoms with Crippen LogP contribution in [0.1, 0.15) is 47.5 Å². The quantitative estimate of drug-likeness (QED) is 0.770. The zero-order valence-electron chi connectivity index (χ0n) is 13.7. The Morgan fingerprint density at radius 2 is 1.84 bits per heavy atom. The van der Waals surface area contributed by atoms with Crippen LogP contribution in [0.5, 0.6) is 0 Å². The number of hydrogen-bond donors (Lipinski definition) is 1. The Hall–Kier alpha value is -0.120. The van der Waals surface area contributed by atoms with Gasteiger partial charge < -0.3 is 15.0 Å². The van der Waals surface area contributed by atoms with Crippen LogP contribution in [0, 0.1) is 11.8 Å². The molecule has 0 aliphatic carbocycles. The fourth-order valence-corrected chi connectivity index (χ4v) is 2.47. The van der Waals surface area contributed by atoms with Crippen molar-refractivity contribution >= 4 is 0 Å². The lowest BCUT2D eigenvalue weighted by Crippen LogP contribution is -2.40. The summed E-state index contributed by atoms with van der Waals surface area (Å²) in [6.07, 6.45) is 2.67. The summed E-state index contributed by atoms with van der Waals surface area (Å²) in [5.74, 6) is 1.63. The molecule has 0 bridgehead atoms. The number of nitrogens with zero attached hydrogens (tertiary/aromatic N) is 1. The van der Waals surface area contributed by atoms with Crippen LogP contribution >= 0.6 is 0 Å². The molecule has 1 aliphatic heterocycles. The van der Waals surface area contributed by atoms with E-state index >= 15 is 0 Å². The van der Waals surface area contributed by atoms with Gasteiger partial charge in [-0.25, -0.2) is 0 Å². The minimum absolute atomic E-state index is 0.000905. The number of hydrogen-bond acceptors (Lipinski definition) is 3. The van der Waals surface area contributed by atoms with Crippen LogP contribution in [0.25, 0.3) is 0 Å². The van der Waals surface area contributed by atoms with Gasteiger partial charge in [0.05, 0.1) is 12.2 Å². The molecule has 0 aromatic rings. The van der Waals surface area contributed by atoms with Crippen LogP contribution in [0.2, 0.25) is 0 Å². The maximum atomic E-state index is 5.80. The van der Waals surface area contributed by atoms with Crippen LogP contribution in [0.15, 0.2) is 0 Å². The van der Waals surface area contributed by atoms with E-state index in [0.717, 1.165) is 31.5 Å². The highest BCUT2D eigenvalue weighted by Gasteiger charge is 2.19. The lowest BCUT2D eigenvalue weighted by molar-refractivity contribution is -0.0161. The van der Waals surface area contributed by atoms with E-state index in [1.165, 1.54) is 32.5 Å². The molecule has 0 amide bonds. The van der Waals surface area contributed by atoms with Crippen molar-refractivity contribution in [1.82, 2.24) is 10.2 Å². The molecule has 0 radical (unpaired) electrons. The molecule has 0 spiro atoms. The second kappa shape index (κ2) is 8.23. The van der Waals surface area contributed by atoms with Crippen molar-refractivity contribution in [3.63, 3.8) is 0 Å². The highest BCUT2D eigenvalue weighted by atomic mass is 16.5. The number of piperidine rings is 1. The molecule has 1 N–H and O–H groups in total. The Labute approximate surface area is 120 Å². The van der Waals surface area contributed by atoms with Gasteiger partial charge >= 0.3 is 0 Å². The van der Waals surface area contributed by atoms with Gasteiger partial charge in [0.15, 0.2) is 0 Å². The predicted octanol–water partition coefficient (Wildman–Crippen LogP) is 2.76. The van der Waals surface area contributed by atoms with Crippen molar-refractivity contribution < 1.29 is 4.74 Å². The van der Waals surface area contributed by atoms with Crippen molar-refractivity contribution in [2.45, 2.75) is 53.1 Å². The van der Waals surface area contributed by atoms with Crippen LogP contribution in [-0.4, -0.2) is 49.8 Å². The van der Waals surface area contributed by atoms with Gasteiger partial charge in [0.25, 0.3) is 0 Å². The Morgan fingerprint density at radius 1 is 1.21 bits per heavy atom. The molecule has 3 heteroatoms. The predicted molar refractivity (Wildman–Crippen MR) is 82.6 cm³/mol. The SMILES string of the molecule is CC(C)CNCC1CCN(CCOC(C)(C)C)CC1. The van der Waals surface area contributed by atoms with Crippen LogP contribution in [-0.2, 0) is 4.74 Å². The van der Waals surface area contributed by atoms with E-state index in [1.807, 2.05) is 0 Å². The van der Waals surface area contributed by atoms with Crippen LogP contribution in [0.4, 0.5) is 0 Å². The minimum Gasteiger partial charge on any atom is -0.375 e. The molecule has 0 aromatic carbocycles. The first-order chi connectivity index (χ1) is 8.87. The third-order valence-electron chi connectivity index (χ3n) is 3.64. The van der Waals surface area contributed by atoms with E-state index in [1.54, 1.807) is 0 Å². The molecule has 1 heterocycles. The van der Waals surface area contributed by atoms with E-state index in [-0.39, 0.29) is 5.60 Å². The zero-order valence-corrected chi connectivity index (χ0v) is 13.7. The summed E-state index contributed by atoms with van der Waals surface area (Å²) in [7, 11) is 0. The number of rotatable bonds is 7. The van der Waals surface area contributed by atoms with Crippen molar-refractivity contribution in [3.05, 3.63) is 0 Å². The van der Waals surface area contributed by atoms with Gasteiger partial charge in [-0.1, -0.05) is 13.8 Å². The second-order valence-corrected chi connectivity index (χ2v) is 7.30. The van der Waals surface area contributed by atoms with Gasteiger partial charge in [-0.15, -0.1) is 0 Å². The highest BCUT2D eigenvalue weighted by Crippen LogP contribution is 2.16. The molecule has 0 saturated carbocycles. The van der Waals surface area contributed by atoms with Crippen molar-refractivity contribution in [3.8, 4) is 0 Å². The van der Waals surface area contributed by atoms with E-state index in [2.05, 4.69) is 44.8 Å². The van der Waals surface area contributed by atoms with E-state index in [9.17, 15) is 0 Å². The van der Waals surface area contributed by atoms with E-state index in [4.69, 9.17) is 4.74 Å². The fourth-order valence-electron chi connectivity index (χ4n) is 2.47. The molecule has 1 saturated heterocycles. The molecule has 19 heavy (non-hydrogen) atoms. The molecule has 3 nitrogen and oxygen atoms in total. The summed E-state index contributed by atoms with van der Waals surface area (Å²) in [5.41, 5.74) is -0.000905. The Balaban J connectivity index is 2.05. The lowest BCUT2D eigenvalue weighted by Gasteiger charge is -2.33. The summed E-state index contributed by atoms with van der Waals surface area (Å²) in [6.45, 7) is 17.7. The molecule has 1 rings (SSSR count). The molecule has 114 valence electrons. The molecule has 1 fully saturated rings. The fraction of sp³-hybridized carbons (Fsp3) is 1.00. The molecule has 0 unspecified atom stereocenters. The smallest absolute Gasteiger partial charge is 0.0600 e. The largest absolute Gasteiger partial charge is 0.375 e. The summed E-state index contributed by atoms with van der Waals surface area (Å²) in [6, 6.07) is 0. The first-order valence-corrected chi connectivity index (χ1v) is 7.94. The zero-order chi connectivity index (χ0) is 14.3. The number of nitrogens with one attached hydrogen (secondary N) is 1. The second-order valence-electron chi connectivity index (χ2n) is 7.30. The van der Waals surface area contributed by atoms with Gasteiger partial charge in [-0.2, -0.15) is 0 Å². The van der Waals surface area contributed by atoms with Crippen LogP contribution < -0.4 is 5.32 Å². The molecule has 1 aliphatic rings. The van der Waals surface area contributed by atoms with Crippen molar-refractivity contribution in [1.29, 1.82) is 0 Å². The number of likely N-dealkylation sites (tertiary alicyclic amines) is 1. The average Bonchev–Trinajstić information content (AvgIpc) is 2.29. The monoisotopic (exact) mass is 270 g/mol. The molecule has 0 aromatic heterocycles. The normalized spacial score (nSPS) is 19.3. The van der Waals surface area contributed by atoms with Gasteiger partial charge in [-0.3, -0.25) is 0 Å². The first-order valence-electron chi connectivity index (χ1n) is 7.94. The summed E-state index contributed by atoms with van der Waals surface area (Å²) < 4.78 is 5.80. The number of ether oxygens (including phenoxy) is 1. The average molecular weight is 270 g/mol. The van der Waals surface area contributed by atoms with Crippen molar-refractivity contribution in [2.75, 3.05) is 39.3 Å². The maximum absolute atomic E-state index is 5.80. The third-order valence-corrected chi connectivity index (χ3v) is 3.64. The lowest BCUT2D eigenvalue weighted by atomic mass is 9.96. The van der Waals surface area contributed by atoms with Crippen LogP contribution in [0.3, 0.4) is 0 Å². The molecular weight excluding hydrogens is 236 g/mol. The topological polar surface area (TPSA) is 24.5 Å². The summed E-state index contributed by atoms with van der Waals surface area (Å²) in [5, 5.41) is 3.59. The van der Waals surface area contributed by atoms with Gasteiger partial charge in [0.2, 0.25) is 0 Å². The van der Waals surface area contributed by atoms with Gasteiger partial charge in [0.1, 0.15) is 0 Å². The van der Waals surface area contributed by atoms with E-state index in [0.29, 0.717) is 0 Å². The third kappa shape index (κ3) is 8.61. The Kier molecular flexibility index (Phi) is 7.33. The molecular formula is C16H34N2O. The Morgan fingerprint density at radius 3 is 2.37 bits per heavy atom. The van der Waals surface area contributed by atoms with Gasteiger partial charge in [0, 0.05) is 6.54 Å². The maximum Gasteiger partial charge on any atom is 0.0600 e. The Bertz CT molecular complexity index is 227. The van der Waals surface area contributed by atoms with Crippen molar-refractivity contribution in [2.24, 2.45) is 11.8 Å². The van der Waals surface area contributed by atoms with E-state index < -0.39 is 0 Å². The minimum atomic E-state index is -0.000905. The molecule has 0 atom stereocenters. The van der Waals surface area contributed by atoms with Gasteiger partial charge in [-0.05, 0) is 71.6 Å². The highest BCUT2D eigenvalue weighted by molar-refractivity contribution is 4.74. The summed E-state index contributed by atoms with van der Waals surface area (Å²) >= 11 is 0. The summed E-state index contributed by atoms with van der Waals surface area (Å²) in [4.78, 5) is 2.55. The first kappa shape index (κ1) is 16.9.